The van der Waals surface area contributed by atoms with E-state index in [1.807, 2.05) is 41.9 Å². The summed E-state index contributed by atoms with van der Waals surface area (Å²) in [6, 6.07) is 9.66. The fraction of sp³-hybridized carbons (Fsp3) is 0.200. The largest absolute Gasteiger partial charge is 0.319 e. The van der Waals surface area contributed by atoms with Gasteiger partial charge in [0.05, 0.1) is 6.04 Å². The van der Waals surface area contributed by atoms with Crippen molar-refractivity contribution in [2.45, 2.75) is 6.04 Å². The SMILES string of the molecule is Cn1cnnc1C(N)c1ccccc1. The normalized spacial score (nSPS) is 12.7. The van der Waals surface area contributed by atoms with Crippen LogP contribution >= 0.6 is 0 Å². The molecule has 0 spiro atoms. The van der Waals surface area contributed by atoms with Crippen LogP contribution in [0.4, 0.5) is 0 Å². The summed E-state index contributed by atoms with van der Waals surface area (Å²) in [7, 11) is 1.89. The number of aromatic nitrogens is 3. The monoisotopic (exact) mass is 188 g/mol. The lowest BCUT2D eigenvalue weighted by Crippen LogP contribution is -2.16. The van der Waals surface area contributed by atoms with E-state index in [9.17, 15) is 0 Å². The molecule has 1 aromatic heterocycles. The predicted molar refractivity (Wildman–Crippen MR) is 53.5 cm³/mol. The zero-order valence-electron chi connectivity index (χ0n) is 7.96. The van der Waals surface area contributed by atoms with Gasteiger partial charge >= 0.3 is 0 Å². The average molecular weight is 188 g/mol. The van der Waals surface area contributed by atoms with Gasteiger partial charge in [-0.2, -0.15) is 0 Å². The van der Waals surface area contributed by atoms with Crippen molar-refractivity contribution in [2.75, 3.05) is 0 Å². The van der Waals surface area contributed by atoms with Gasteiger partial charge in [-0.15, -0.1) is 10.2 Å². The van der Waals surface area contributed by atoms with E-state index < -0.39 is 0 Å². The number of rotatable bonds is 2. The first-order valence-electron chi connectivity index (χ1n) is 4.43. The smallest absolute Gasteiger partial charge is 0.154 e. The molecule has 2 aromatic rings. The van der Waals surface area contributed by atoms with Crippen LogP contribution in [0.2, 0.25) is 0 Å². The second kappa shape index (κ2) is 3.59. The molecule has 0 amide bonds. The number of aryl methyl sites for hydroxylation is 1. The van der Waals surface area contributed by atoms with Crippen LogP contribution in [-0.4, -0.2) is 14.8 Å². The Bertz CT molecular complexity index is 407. The Balaban J connectivity index is 2.34. The van der Waals surface area contributed by atoms with Gasteiger partial charge in [-0.05, 0) is 5.56 Å². The maximum absolute atomic E-state index is 6.04. The highest BCUT2D eigenvalue weighted by molar-refractivity contribution is 5.23. The molecule has 0 saturated carbocycles. The molecule has 2 rings (SSSR count). The first-order chi connectivity index (χ1) is 6.79. The van der Waals surface area contributed by atoms with Crippen LogP contribution in [0.25, 0.3) is 0 Å². The van der Waals surface area contributed by atoms with Gasteiger partial charge in [0.1, 0.15) is 6.33 Å². The average Bonchev–Trinajstić information content (AvgIpc) is 2.65. The first-order valence-corrected chi connectivity index (χ1v) is 4.43. The van der Waals surface area contributed by atoms with Crippen molar-refractivity contribution < 1.29 is 0 Å². The Morgan fingerprint density at radius 3 is 2.57 bits per heavy atom. The summed E-state index contributed by atoms with van der Waals surface area (Å²) in [4.78, 5) is 0. The molecule has 0 radical (unpaired) electrons. The minimum Gasteiger partial charge on any atom is -0.319 e. The second-order valence-corrected chi connectivity index (χ2v) is 3.19. The van der Waals surface area contributed by atoms with E-state index in [1.54, 1.807) is 6.33 Å². The summed E-state index contributed by atoms with van der Waals surface area (Å²) in [6.45, 7) is 0. The minimum atomic E-state index is -0.205. The quantitative estimate of drug-likeness (QED) is 0.760. The van der Waals surface area contributed by atoms with Crippen LogP contribution in [0, 0.1) is 0 Å². The van der Waals surface area contributed by atoms with E-state index in [2.05, 4.69) is 10.2 Å². The van der Waals surface area contributed by atoms with Crippen LogP contribution in [0.1, 0.15) is 17.4 Å². The zero-order valence-corrected chi connectivity index (χ0v) is 7.96. The summed E-state index contributed by atoms with van der Waals surface area (Å²) in [5.74, 6) is 0.774. The lowest BCUT2D eigenvalue weighted by Gasteiger charge is -2.10. The molecule has 1 unspecified atom stereocenters. The standard InChI is InChI=1S/C10H12N4/c1-14-7-12-13-10(14)9(11)8-5-3-2-4-6-8/h2-7,9H,11H2,1H3. The summed E-state index contributed by atoms with van der Waals surface area (Å²) in [6.07, 6.45) is 1.65. The summed E-state index contributed by atoms with van der Waals surface area (Å²) >= 11 is 0. The topological polar surface area (TPSA) is 56.7 Å². The maximum atomic E-state index is 6.04. The lowest BCUT2D eigenvalue weighted by molar-refractivity contribution is 0.714. The van der Waals surface area contributed by atoms with Crippen LogP contribution in [0.5, 0.6) is 0 Å². The molecule has 0 aliphatic carbocycles. The third kappa shape index (κ3) is 1.52. The highest BCUT2D eigenvalue weighted by Crippen LogP contribution is 2.15. The molecule has 0 aliphatic heterocycles. The number of hydrogen-bond acceptors (Lipinski definition) is 3. The third-order valence-electron chi connectivity index (χ3n) is 2.18. The Kier molecular flexibility index (Phi) is 2.28. The van der Waals surface area contributed by atoms with Gasteiger partial charge in [0.15, 0.2) is 5.82 Å². The minimum absolute atomic E-state index is 0.205. The van der Waals surface area contributed by atoms with Gasteiger partial charge in [0.2, 0.25) is 0 Å². The fourth-order valence-corrected chi connectivity index (χ4v) is 1.38. The van der Waals surface area contributed by atoms with E-state index in [0.717, 1.165) is 11.4 Å². The van der Waals surface area contributed by atoms with Gasteiger partial charge in [-0.3, -0.25) is 0 Å². The summed E-state index contributed by atoms with van der Waals surface area (Å²) in [5, 5.41) is 7.78. The molecular weight excluding hydrogens is 176 g/mol. The van der Waals surface area contributed by atoms with E-state index in [1.165, 1.54) is 0 Å². The molecule has 1 heterocycles. The summed E-state index contributed by atoms with van der Waals surface area (Å²) in [5.41, 5.74) is 7.08. The molecule has 0 aliphatic rings. The van der Waals surface area contributed by atoms with Crippen molar-refractivity contribution in [1.82, 2.24) is 14.8 Å². The van der Waals surface area contributed by atoms with Gasteiger partial charge in [-0.25, -0.2) is 0 Å². The van der Waals surface area contributed by atoms with Crippen molar-refractivity contribution in [1.29, 1.82) is 0 Å². The van der Waals surface area contributed by atoms with Crippen LogP contribution < -0.4 is 5.73 Å². The molecule has 0 bridgehead atoms. The van der Waals surface area contributed by atoms with Crippen molar-refractivity contribution in [2.24, 2.45) is 12.8 Å². The molecule has 4 heteroatoms. The van der Waals surface area contributed by atoms with E-state index in [4.69, 9.17) is 5.73 Å². The molecule has 1 atom stereocenters. The van der Waals surface area contributed by atoms with Gasteiger partial charge in [-0.1, -0.05) is 30.3 Å². The van der Waals surface area contributed by atoms with E-state index in [0.29, 0.717) is 0 Å². The molecule has 1 aromatic carbocycles. The Morgan fingerprint density at radius 1 is 1.29 bits per heavy atom. The third-order valence-corrected chi connectivity index (χ3v) is 2.18. The van der Waals surface area contributed by atoms with Crippen molar-refractivity contribution in [3.8, 4) is 0 Å². The van der Waals surface area contributed by atoms with Crippen LogP contribution in [0.3, 0.4) is 0 Å². The van der Waals surface area contributed by atoms with E-state index in [-0.39, 0.29) is 6.04 Å². The number of hydrogen-bond donors (Lipinski definition) is 1. The Morgan fingerprint density at radius 2 is 2.00 bits per heavy atom. The lowest BCUT2D eigenvalue weighted by atomic mass is 10.1. The van der Waals surface area contributed by atoms with Gasteiger partial charge in [0, 0.05) is 7.05 Å². The van der Waals surface area contributed by atoms with Gasteiger partial charge < -0.3 is 10.3 Å². The molecule has 0 saturated heterocycles. The van der Waals surface area contributed by atoms with E-state index >= 15 is 0 Å². The Labute approximate surface area is 82.4 Å². The van der Waals surface area contributed by atoms with Crippen molar-refractivity contribution >= 4 is 0 Å². The second-order valence-electron chi connectivity index (χ2n) is 3.19. The van der Waals surface area contributed by atoms with Crippen LogP contribution in [-0.2, 0) is 7.05 Å². The van der Waals surface area contributed by atoms with Gasteiger partial charge in [0.25, 0.3) is 0 Å². The summed E-state index contributed by atoms with van der Waals surface area (Å²) < 4.78 is 1.83. The zero-order chi connectivity index (χ0) is 9.97. The molecule has 14 heavy (non-hydrogen) atoms. The number of benzene rings is 1. The molecule has 2 N–H and O–H groups in total. The van der Waals surface area contributed by atoms with Crippen molar-refractivity contribution in [3.05, 3.63) is 48.0 Å². The molecule has 72 valence electrons. The Hall–Kier alpha value is -1.68. The highest BCUT2D eigenvalue weighted by Gasteiger charge is 2.12. The van der Waals surface area contributed by atoms with Crippen molar-refractivity contribution in [3.63, 3.8) is 0 Å². The first kappa shape index (κ1) is 8.90. The van der Waals surface area contributed by atoms with Crippen LogP contribution in [0.15, 0.2) is 36.7 Å². The molecule has 0 fully saturated rings. The molecular formula is C10H12N4. The predicted octanol–water partition coefficient (Wildman–Crippen LogP) is 0.863. The molecule has 4 nitrogen and oxygen atoms in total. The number of nitrogens with two attached hydrogens (primary N) is 1. The fourth-order valence-electron chi connectivity index (χ4n) is 1.38. The number of nitrogens with zero attached hydrogens (tertiary/aromatic N) is 3. The maximum Gasteiger partial charge on any atom is 0.154 e. The highest BCUT2D eigenvalue weighted by atomic mass is 15.3.